The van der Waals surface area contributed by atoms with E-state index in [-0.39, 0.29) is 4.90 Å². The lowest BCUT2D eigenvalue weighted by Gasteiger charge is -2.34. The summed E-state index contributed by atoms with van der Waals surface area (Å²) >= 11 is 0. The maximum Gasteiger partial charge on any atom is 0.325 e. The Morgan fingerprint density at radius 1 is 1.19 bits per heavy atom. The van der Waals surface area contributed by atoms with Gasteiger partial charge in [0.1, 0.15) is 0 Å². The molecule has 0 bridgehead atoms. The summed E-state index contributed by atoms with van der Waals surface area (Å²) in [7, 11) is -2.21. The molecule has 1 saturated heterocycles. The average Bonchev–Trinajstić information content (AvgIpc) is 3.06. The van der Waals surface area contributed by atoms with Crippen LogP contribution in [0.1, 0.15) is 6.92 Å². The minimum atomic E-state index is -3.78. The van der Waals surface area contributed by atoms with Crippen molar-refractivity contribution in [2.75, 3.05) is 11.9 Å². The first kappa shape index (κ1) is 16.5. The fourth-order valence-corrected chi connectivity index (χ4v) is 3.82. The number of guanidine groups is 1. The van der Waals surface area contributed by atoms with Crippen molar-refractivity contribution in [1.29, 1.82) is 0 Å². The summed E-state index contributed by atoms with van der Waals surface area (Å²) in [6.07, 6.45) is 1.15. The van der Waals surface area contributed by atoms with Gasteiger partial charge in [-0.25, -0.2) is 23.3 Å². The molecule has 3 aliphatic heterocycles. The highest BCUT2D eigenvalue weighted by Gasteiger charge is 2.51. The molecule has 136 valence electrons. The second-order valence-electron chi connectivity index (χ2n) is 6.24. The quantitative estimate of drug-likeness (QED) is 0.720. The maximum atomic E-state index is 12.3. The summed E-state index contributed by atoms with van der Waals surface area (Å²) in [5.41, 5.74) is 1.47. The van der Waals surface area contributed by atoms with Crippen molar-refractivity contribution in [2.45, 2.75) is 24.0 Å². The van der Waals surface area contributed by atoms with Gasteiger partial charge >= 0.3 is 6.03 Å². The highest BCUT2D eigenvalue weighted by atomic mass is 32.2. The summed E-state index contributed by atoms with van der Waals surface area (Å²) in [6.45, 7) is 1.85. The molecule has 3 amide bonds. The lowest BCUT2D eigenvalue weighted by atomic mass is 10.1. The van der Waals surface area contributed by atoms with Crippen molar-refractivity contribution >= 4 is 33.6 Å². The first-order valence-corrected chi connectivity index (χ1v) is 9.28. The predicted molar refractivity (Wildman–Crippen MR) is 92.2 cm³/mol. The second-order valence-corrected chi connectivity index (χ2v) is 7.81. The van der Waals surface area contributed by atoms with E-state index in [1.54, 1.807) is 35.2 Å². The molecular weight excluding hydrogens is 360 g/mol. The van der Waals surface area contributed by atoms with Crippen LogP contribution in [0.4, 0.5) is 10.5 Å². The van der Waals surface area contributed by atoms with Crippen LogP contribution in [0.25, 0.3) is 0 Å². The van der Waals surface area contributed by atoms with E-state index in [0.717, 1.165) is 5.70 Å². The minimum Gasteiger partial charge on any atom is -0.303 e. The number of benzene rings is 1. The Hall–Kier alpha value is -2.92. The number of imide groups is 1. The third kappa shape index (κ3) is 2.28. The second kappa shape index (κ2) is 5.29. The van der Waals surface area contributed by atoms with Crippen LogP contribution in [0.5, 0.6) is 0 Å². The average molecular weight is 376 g/mol. The van der Waals surface area contributed by atoms with Gasteiger partial charge in [-0.2, -0.15) is 0 Å². The molecule has 1 fully saturated rings. The Labute approximate surface area is 149 Å². The van der Waals surface area contributed by atoms with Gasteiger partial charge in [0.25, 0.3) is 5.91 Å². The zero-order valence-electron chi connectivity index (χ0n) is 13.9. The summed E-state index contributed by atoms with van der Waals surface area (Å²) in [5, 5.41) is 7.44. The Kier molecular flexibility index (Phi) is 3.36. The van der Waals surface area contributed by atoms with Crippen LogP contribution in [-0.4, -0.2) is 55.4 Å². The van der Waals surface area contributed by atoms with Crippen LogP contribution in [0, 0.1) is 0 Å². The van der Waals surface area contributed by atoms with E-state index in [2.05, 4.69) is 10.3 Å². The van der Waals surface area contributed by atoms with Crippen LogP contribution >= 0.6 is 0 Å². The highest BCUT2D eigenvalue weighted by Crippen LogP contribution is 2.35. The maximum absolute atomic E-state index is 12.3. The van der Waals surface area contributed by atoms with Crippen LogP contribution in [0.15, 0.2) is 46.1 Å². The number of rotatable bonds is 2. The largest absolute Gasteiger partial charge is 0.325 e. The summed E-state index contributed by atoms with van der Waals surface area (Å²) in [5.74, 6) is 0.0879. The van der Waals surface area contributed by atoms with Gasteiger partial charge in [0.15, 0.2) is 12.2 Å². The number of primary sulfonamides is 1. The molecule has 4 rings (SSSR count). The van der Waals surface area contributed by atoms with Crippen LogP contribution in [0.2, 0.25) is 0 Å². The van der Waals surface area contributed by atoms with E-state index in [4.69, 9.17) is 5.14 Å². The van der Waals surface area contributed by atoms with E-state index < -0.39 is 34.2 Å². The minimum absolute atomic E-state index is 0.00525. The summed E-state index contributed by atoms with van der Waals surface area (Å²) in [6, 6.07) is 4.90. The molecule has 3 aliphatic rings. The number of sulfonamides is 1. The number of amides is 3. The number of nitrogens with zero attached hydrogens (tertiary/aromatic N) is 4. The molecule has 11 heteroatoms. The molecule has 3 N–H and O–H groups in total. The third-order valence-corrected chi connectivity index (χ3v) is 5.51. The number of hydrogen-bond acceptors (Lipinski definition) is 7. The molecule has 2 unspecified atom stereocenters. The van der Waals surface area contributed by atoms with E-state index in [1.807, 2.05) is 6.92 Å². The van der Waals surface area contributed by atoms with E-state index in [1.165, 1.54) is 17.0 Å². The van der Waals surface area contributed by atoms with Gasteiger partial charge in [0.05, 0.1) is 4.90 Å². The molecule has 2 atom stereocenters. The summed E-state index contributed by atoms with van der Waals surface area (Å²) < 4.78 is 22.8. The number of carbonyl (C=O) groups excluding carboxylic acids is 2. The van der Waals surface area contributed by atoms with Crippen molar-refractivity contribution in [3.05, 3.63) is 36.2 Å². The number of fused-ring (bicyclic) bond motifs is 3. The van der Waals surface area contributed by atoms with Gasteiger partial charge in [0, 0.05) is 24.6 Å². The third-order valence-electron chi connectivity index (χ3n) is 4.58. The van der Waals surface area contributed by atoms with Crippen molar-refractivity contribution in [3.8, 4) is 0 Å². The van der Waals surface area contributed by atoms with Crippen LogP contribution in [0.3, 0.4) is 0 Å². The SMILES string of the molecule is CC1=CN2C(=NC3C2C(=O)NC(=O)N3C)N1c1ccc(S(N)(=O)=O)cc1. The first-order valence-electron chi connectivity index (χ1n) is 7.74. The predicted octanol–water partition coefficient (Wildman–Crippen LogP) is -0.437. The van der Waals surface area contributed by atoms with Crippen molar-refractivity contribution in [1.82, 2.24) is 15.1 Å². The number of nitrogens with one attached hydrogen (secondary N) is 1. The van der Waals surface area contributed by atoms with Gasteiger partial charge in [-0.3, -0.25) is 15.0 Å². The first-order chi connectivity index (χ1) is 12.2. The molecule has 26 heavy (non-hydrogen) atoms. The number of nitrogens with two attached hydrogens (primary N) is 1. The van der Waals surface area contributed by atoms with Crippen LogP contribution < -0.4 is 15.4 Å². The van der Waals surface area contributed by atoms with E-state index in [0.29, 0.717) is 11.6 Å². The van der Waals surface area contributed by atoms with E-state index in [9.17, 15) is 18.0 Å². The van der Waals surface area contributed by atoms with Gasteiger partial charge in [-0.1, -0.05) is 0 Å². The monoisotopic (exact) mass is 376 g/mol. The van der Waals surface area contributed by atoms with Crippen molar-refractivity contribution in [2.24, 2.45) is 10.1 Å². The van der Waals surface area contributed by atoms with Crippen LogP contribution in [-0.2, 0) is 14.8 Å². The zero-order chi connectivity index (χ0) is 18.8. The number of hydrogen-bond donors (Lipinski definition) is 2. The summed E-state index contributed by atoms with van der Waals surface area (Å²) in [4.78, 5) is 33.5. The van der Waals surface area contributed by atoms with Gasteiger partial charge < -0.3 is 9.80 Å². The molecule has 1 aromatic rings. The highest BCUT2D eigenvalue weighted by molar-refractivity contribution is 7.89. The zero-order valence-corrected chi connectivity index (χ0v) is 14.8. The number of aliphatic imine (C=N–C) groups is 1. The normalized spacial score (nSPS) is 25.0. The molecule has 10 nitrogen and oxygen atoms in total. The Morgan fingerprint density at radius 3 is 2.46 bits per heavy atom. The van der Waals surface area contributed by atoms with Crippen molar-refractivity contribution < 1.29 is 18.0 Å². The molecule has 0 spiro atoms. The Bertz CT molecular complexity index is 984. The Balaban J connectivity index is 1.72. The molecular formula is C15H16N6O4S. The number of anilines is 1. The topological polar surface area (TPSA) is 128 Å². The lowest BCUT2D eigenvalue weighted by Crippen LogP contribution is -2.62. The molecule has 3 heterocycles. The van der Waals surface area contributed by atoms with Crippen molar-refractivity contribution in [3.63, 3.8) is 0 Å². The van der Waals surface area contributed by atoms with Gasteiger partial charge in [-0.05, 0) is 31.2 Å². The number of urea groups is 1. The molecule has 0 radical (unpaired) electrons. The Morgan fingerprint density at radius 2 is 1.85 bits per heavy atom. The fraction of sp³-hybridized carbons (Fsp3) is 0.267. The van der Waals surface area contributed by atoms with E-state index >= 15 is 0 Å². The lowest BCUT2D eigenvalue weighted by molar-refractivity contribution is -0.126. The number of carbonyl (C=O) groups is 2. The number of allylic oxidation sites excluding steroid dienone is 1. The molecule has 0 aromatic heterocycles. The molecule has 0 saturated carbocycles. The van der Waals surface area contributed by atoms with Gasteiger partial charge in [-0.15, -0.1) is 0 Å². The van der Waals surface area contributed by atoms with Gasteiger partial charge in [0.2, 0.25) is 16.0 Å². The number of likely N-dealkylation sites (N-methyl/N-ethyl adjacent to an activating group) is 1. The molecule has 0 aliphatic carbocycles. The fourth-order valence-electron chi connectivity index (χ4n) is 3.30. The molecule has 1 aromatic carbocycles. The smallest absolute Gasteiger partial charge is 0.303 e. The standard InChI is InChI=1S/C15H16N6O4S/c1-8-7-20-11-12(19(2)15(23)18-13(11)22)17-14(20)21(8)9-3-5-10(6-4-9)26(16,24)25/h3-7,11-12H,1-2H3,(H2,16,24,25)(H,18,22,23).